The Labute approximate surface area is 130 Å². The van der Waals surface area contributed by atoms with Gasteiger partial charge in [0.2, 0.25) is 0 Å². The van der Waals surface area contributed by atoms with Crippen molar-refractivity contribution in [2.45, 2.75) is 36.5 Å². The highest BCUT2D eigenvalue weighted by Crippen LogP contribution is 2.29. The van der Waals surface area contributed by atoms with Gasteiger partial charge in [0.15, 0.2) is 14.6 Å². The topological polar surface area (TPSA) is 82.2 Å². The molecule has 1 fully saturated rings. The maximum atomic E-state index is 12.7. The van der Waals surface area contributed by atoms with Gasteiger partial charge in [0.25, 0.3) is 0 Å². The van der Waals surface area contributed by atoms with Crippen LogP contribution in [0.5, 0.6) is 5.75 Å². The molecule has 1 heterocycles. The first-order valence-corrected chi connectivity index (χ1v) is 8.53. The van der Waals surface area contributed by atoms with Crippen molar-refractivity contribution in [2.24, 2.45) is 0 Å². The third-order valence-corrected chi connectivity index (χ3v) is 5.78. The molecule has 0 amide bonds. The van der Waals surface area contributed by atoms with Gasteiger partial charge in [0, 0.05) is 0 Å². The lowest BCUT2D eigenvalue weighted by molar-refractivity contribution is -0.145. The van der Waals surface area contributed by atoms with Gasteiger partial charge in [-0.3, -0.25) is 4.79 Å². The molecule has 122 valence electrons. The Hall–Kier alpha value is -1.60. The Morgan fingerprint density at radius 1 is 1.41 bits per heavy atom. The first-order chi connectivity index (χ1) is 10.3. The average molecular weight is 328 g/mol. The summed E-state index contributed by atoms with van der Waals surface area (Å²) in [6.45, 7) is 5.48. The van der Waals surface area contributed by atoms with E-state index in [-0.39, 0.29) is 17.6 Å². The molecule has 6 nitrogen and oxygen atoms in total. The molecule has 0 unspecified atom stereocenters. The average Bonchev–Trinajstić information content (AvgIpc) is 3.29. The second-order valence-electron chi connectivity index (χ2n) is 5.48. The van der Waals surface area contributed by atoms with Crippen LogP contribution >= 0.6 is 0 Å². The monoisotopic (exact) mass is 328 g/mol. The van der Waals surface area contributed by atoms with Crippen LogP contribution in [0.1, 0.15) is 20.8 Å². The van der Waals surface area contributed by atoms with E-state index in [0.717, 1.165) is 0 Å². The number of hydrogen-bond acceptors (Lipinski definition) is 6. The predicted molar refractivity (Wildman–Crippen MR) is 79.6 cm³/mol. The van der Waals surface area contributed by atoms with E-state index in [1.54, 1.807) is 19.1 Å². The molecule has 22 heavy (non-hydrogen) atoms. The van der Waals surface area contributed by atoms with Crippen molar-refractivity contribution in [1.29, 1.82) is 0 Å². The summed E-state index contributed by atoms with van der Waals surface area (Å²) < 4.78 is 39.1. The molecule has 0 aliphatic carbocycles. The number of carbonyl (C=O) groups is 1. The van der Waals surface area contributed by atoms with E-state index in [0.29, 0.717) is 19.0 Å². The van der Waals surface area contributed by atoms with Gasteiger partial charge in [-0.05, 0) is 39.0 Å². The lowest BCUT2D eigenvalue weighted by atomic mass is 10.2. The minimum absolute atomic E-state index is 0.0276. The Kier molecular flexibility index (Phi) is 4.77. The van der Waals surface area contributed by atoms with Crippen LogP contribution in [0.4, 0.5) is 0 Å². The van der Waals surface area contributed by atoms with Crippen molar-refractivity contribution in [3.63, 3.8) is 0 Å². The number of hydrogen-bond donors (Lipinski definition) is 0. The van der Waals surface area contributed by atoms with Crippen LogP contribution < -0.4 is 4.74 Å². The summed E-state index contributed by atoms with van der Waals surface area (Å²) in [5.41, 5.74) is 0. The third kappa shape index (κ3) is 3.41. The summed E-state index contributed by atoms with van der Waals surface area (Å²) in [5, 5.41) is 0. The molecule has 0 bridgehead atoms. The molecular weight excluding hydrogens is 308 g/mol. The maximum Gasteiger partial charge on any atom is 0.327 e. The number of benzene rings is 1. The van der Waals surface area contributed by atoms with E-state index in [1.807, 2.05) is 0 Å². The third-order valence-electron chi connectivity index (χ3n) is 3.39. The molecule has 0 saturated carbocycles. The van der Waals surface area contributed by atoms with E-state index >= 15 is 0 Å². The molecule has 1 aliphatic rings. The SMILES string of the molecule is CCOC(=O)C(C)(C)S(=O)(=O)c1cccc(OC[C@@H]2CO2)c1. The summed E-state index contributed by atoms with van der Waals surface area (Å²) in [7, 11) is -3.89. The number of sulfone groups is 1. The molecule has 1 aromatic carbocycles. The fourth-order valence-corrected chi connectivity index (χ4v) is 3.19. The Morgan fingerprint density at radius 3 is 2.68 bits per heavy atom. The Balaban J connectivity index is 2.24. The van der Waals surface area contributed by atoms with Crippen LogP contribution in [0, 0.1) is 0 Å². The smallest absolute Gasteiger partial charge is 0.327 e. The highest BCUT2D eigenvalue weighted by molar-refractivity contribution is 7.93. The first-order valence-electron chi connectivity index (χ1n) is 7.05. The van der Waals surface area contributed by atoms with Gasteiger partial charge in [-0.1, -0.05) is 6.07 Å². The number of ether oxygens (including phenoxy) is 3. The molecule has 0 N–H and O–H groups in total. The van der Waals surface area contributed by atoms with E-state index in [2.05, 4.69) is 0 Å². The molecule has 0 radical (unpaired) electrons. The normalized spacial score (nSPS) is 17.9. The van der Waals surface area contributed by atoms with Gasteiger partial charge in [-0.15, -0.1) is 0 Å². The lowest BCUT2D eigenvalue weighted by Crippen LogP contribution is -2.42. The van der Waals surface area contributed by atoms with Crippen molar-refractivity contribution >= 4 is 15.8 Å². The predicted octanol–water partition coefficient (Wildman–Crippen LogP) is 1.58. The summed E-state index contributed by atoms with van der Waals surface area (Å²) in [6, 6.07) is 6.10. The van der Waals surface area contributed by atoms with Crippen LogP contribution in [-0.4, -0.2) is 45.1 Å². The van der Waals surface area contributed by atoms with Crippen molar-refractivity contribution < 1.29 is 27.4 Å². The standard InChI is InChI=1S/C15H20O6S/c1-4-19-14(16)15(2,3)22(17,18)13-7-5-6-11(8-13)20-9-12-10-21-12/h5-8,12H,4,9-10H2,1-3H3/t12-/m1/s1. The minimum atomic E-state index is -3.89. The maximum absolute atomic E-state index is 12.7. The van der Waals surface area contributed by atoms with Gasteiger partial charge < -0.3 is 14.2 Å². The van der Waals surface area contributed by atoms with E-state index in [1.165, 1.54) is 26.0 Å². The lowest BCUT2D eigenvalue weighted by Gasteiger charge is -2.22. The van der Waals surface area contributed by atoms with Crippen molar-refractivity contribution in [3.8, 4) is 5.75 Å². The van der Waals surface area contributed by atoms with Gasteiger partial charge in [-0.2, -0.15) is 0 Å². The summed E-state index contributed by atoms with van der Waals surface area (Å²) in [5.74, 6) is -0.344. The zero-order valence-electron chi connectivity index (χ0n) is 12.9. The second-order valence-corrected chi connectivity index (χ2v) is 7.97. The zero-order valence-corrected chi connectivity index (χ0v) is 13.7. The Morgan fingerprint density at radius 2 is 2.09 bits per heavy atom. The van der Waals surface area contributed by atoms with Gasteiger partial charge in [0.1, 0.15) is 18.5 Å². The molecule has 7 heteroatoms. The number of carbonyl (C=O) groups excluding carboxylic acids is 1. The largest absolute Gasteiger partial charge is 0.491 e. The van der Waals surface area contributed by atoms with Crippen LogP contribution in [0.25, 0.3) is 0 Å². The second kappa shape index (κ2) is 6.26. The fourth-order valence-electron chi connectivity index (χ4n) is 1.79. The molecule has 1 saturated heterocycles. The molecule has 0 aromatic heterocycles. The highest BCUT2D eigenvalue weighted by atomic mass is 32.2. The first kappa shape index (κ1) is 16.8. The van der Waals surface area contributed by atoms with E-state index in [9.17, 15) is 13.2 Å². The minimum Gasteiger partial charge on any atom is -0.491 e. The van der Waals surface area contributed by atoms with Crippen molar-refractivity contribution in [2.75, 3.05) is 19.8 Å². The van der Waals surface area contributed by atoms with E-state index < -0.39 is 20.6 Å². The highest BCUT2D eigenvalue weighted by Gasteiger charge is 2.44. The van der Waals surface area contributed by atoms with E-state index in [4.69, 9.17) is 14.2 Å². The molecular formula is C15H20O6S. The van der Waals surface area contributed by atoms with Crippen LogP contribution in [0.15, 0.2) is 29.2 Å². The summed E-state index contributed by atoms with van der Waals surface area (Å²) >= 11 is 0. The van der Waals surface area contributed by atoms with Crippen molar-refractivity contribution in [3.05, 3.63) is 24.3 Å². The van der Waals surface area contributed by atoms with Crippen LogP contribution in [-0.2, 0) is 24.1 Å². The molecule has 1 atom stereocenters. The van der Waals surface area contributed by atoms with Crippen LogP contribution in [0.3, 0.4) is 0 Å². The fraction of sp³-hybridized carbons (Fsp3) is 0.533. The number of rotatable bonds is 7. The zero-order chi connectivity index (χ0) is 16.4. The molecule has 0 spiro atoms. The number of esters is 1. The quantitative estimate of drug-likeness (QED) is 0.558. The van der Waals surface area contributed by atoms with Crippen molar-refractivity contribution in [1.82, 2.24) is 0 Å². The van der Waals surface area contributed by atoms with Gasteiger partial charge in [0.05, 0.1) is 18.1 Å². The summed E-state index contributed by atoms with van der Waals surface area (Å²) in [4.78, 5) is 12.0. The van der Waals surface area contributed by atoms with Gasteiger partial charge >= 0.3 is 5.97 Å². The summed E-state index contributed by atoms with van der Waals surface area (Å²) in [6.07, 6.45) is 0.0798. The van der Waals surface area contributed by atoms with Gasteiger partial charge in [-0.25, -0.2) is 8.42 Å². The molecule has 1 aliphatic heterocycles. The molecule has 2 rings (SSSR count). The molecule has 1 aromatic rings. The Bertz CT molecular complexity index is 646. The van der Waals surface area contributed by atoms with Crippen LogP contribution in [0.2, 0.25) is 0 Å². The number of epoxide rings is 1.